The SMILES string of the molecule is CC.CC.CC.O=C(O)c1ccnc(NC2=NCC(O)CN2)c1. The van der Waals surface area contributed by atoms with Crippen LogP contribution in [0.5, 0.6) is 0 Å². The van der Waals surface area contributed by atoms with E-state index in [1.807, 2.05) is 41.5 Å². The van der Waals surface area contributed by atoms with Crippen molar-refractivity contribution in [2.45, 2.75) is 47.6 Å². The lowest BCUT2D eigenvalue weighted by molar-refractivity contribution is 0.0697. The van der Waals surface area contributed by atoms with Gasteiger partial charge >= 0.3 is 5.97 Å². The summed E-state index contributed by atoms with van der Waals surface area (Å²) in [4.78, 5) is 18.8. The van der Waals surface area contributed by atoms with E-state index in [4.69, 9.17) is 5.11 Å². The molecule has 132 valence electrons. The minimum atomic E-state index is -1.01. The third kappa shape index (κ3) is 9.46. The van der Waals surface area contributed by atoms with Crippen molar-refractivity contribution in [1.82, 2.24) is 10.3 Å². The number of aromatic nitrogens is 1. The zero-order valence-corrected chi connectivity index (χ0v) is 14.9. The summed E-state index contributed by atoms with van der Waals surface area (Å²) in [5.41, 5.74) is 0.152. The molecule has 0 amide bonds. The van der Waals surface area contributed by atoms with Crippen LogP contribution in [0.15, 0.2) is 23.3 Å². The number of rotatable bonds is 2. The van der Waals surface area contributed by atoms with Crippen molar-refractivity contribution in [2.24, 2.45) is 4.99 Å². The van der Waals surface area contributed by atoms with E-state index in [2.05, 4.69) is 20.6 Å². The maximum Gasteiger partial charge on any atom is 0.335 e. The van der Waals surface area contributed by atoms with Crippen molar-refractivity contribution in [1.29, 1.82) is 0 Å². The Balaban J connectivity index is 0. The number of hydrogen-bond donors (Lipinski definition) is 4. The molecule has 2 heterocycles. The maximum atomic E-state index is 10.8. The fraction of sp³-hybridized carbons (Fsp3) is 0.562. The van der Waals surface area contributed by atoms with Gasteiger partial charge in [0.2, 0.25) is 0 Å². The molecule has 7 heteroatoms. The zero-order chi connectivity index (χ0) is 18.3. The normalized spacial score (nSPS) is 14.9. The summed E-state index contributed by atoms with van der Waals surface area (Å²) in [7, 11) is 0. The zero-order valence-electron chi connectivity index (χ0n) is 14.9. The maximum absolute atomic E-state index is 10.8. The van der Waals surface area contributed by atoms with E-state index in [0.29, 0.717) is 24.9 Å². The smallest absolute Gasteiger partial charge is 0.335 e. The highest BCUT2D eigenvalue weighted by Gasteiger charge is 2.12. The van der Waals surface area contributed by atoms with Gasteiger partial charge in [0.1, 0.15) is 5.82 Å². The summed E-state index contributed by atoms with van der Waals surface area (Å²) in [5.74, 6) is -0.137. The highest BCUT2D eigenvalue weighted by molar-refractivity contribution is 5.95. The van der Waals surface area contributed by atoms with E-state index < -0.39 is 12.1 Å². The van der Waals surface area contributed by atoms with Crippen molar-refractivity contribution in [3.63, 3.8) is 0 Å². The minimum Gasteiger partial charge on any atom is -0.478 e. The van der Waals surface area contributed by atoms with Gasteiger partial charge in [0.15, 0.2) is 5.96 Å². The molecule has 1 aromatic rings. The molecule has 4 N–H and O–H groups in total. The van der Waals surface area contributed by atoms with Crippen LogP contribution in [-0.4, -0.2) is 46.3 Å². The van der Waals surface area contributed by atoms with E-state index in [1.165, 1.54) is 18.3 Å². The lowest BCUT2D eigenvalue weighted by Gasteiger charge is -2.19. The molecule has 23 heavy (non-hydrogen) atoms. The highest BCUT2D eigenvalue weighted by atomic mass is 16.4. The molecular formula is C16H30N4O3. The number of carbonyl (C=O) groups is 1. The number of carboxylic acid groups (broad SMARTS) is 1. The first-order valence-corrected chi connectivity index (χ1v) is 8.08. The minimum absolute atomic E-state index is 0.152. The van der Waals surface area contributed by atoms with Gasteiger partial charge in [-0.1, -0.05) is 41.5 Å². The number of guanidine groups is 1. The molecule has 0 saturated carbocycles. The van der Waals surface area contributed by atoms with Crippen molar-refractivity contribution >= 4 is 17.7 Å². The fourth-order valence-electron chi connectivity index (χ4n) is 1.37. The number of nitrogens with one attached hydrogen (secondary N) is 2. The number of anilines is 1. The average Bonchev–Trinajstić information content (AvgIpc) is 2.62. The number of hydrogen-bond acceptors (Lipinski definition) is 6. The van der Waals surface area contributed by atoms with Crippen molar-refractivity contribution in [2.75, 3.05) is 18.4 Å². The molecule has 7 nitrogen and oxygen atoms in total. The molecule has 0 radical (unpaired) electrons. The first kappa shape index (κ1) is 23.1. The van der Waals surface area contributed by atoms with Gasteiger partial charge in [0, 0.05) is 12.7 Å². The first-order chi connectivity index (χ1) is 11.1. The van der Waals surface area contributed by atoms with Gasteiger partial charge in [-0.15, -0.1) is 0 Å². The van der Waals surface area contributed by atoms with Gasteiger partial charge in [-0.05, 0) is 12.1 Å². The van der Waals surface area contributed by atoms with Crippen LogP contribution in [0.4, 0.5) is 5.82 Å². The summed E-state index contributed by atoms with van der Waals surface area (Å²) in [5, 5.41) is 23.8. The fourth-order valence-corrected chi connectivity index (χ4v) is 1.37. The summed E-state index contributed by atoms with van der Waals surface area (Å²) >= 11 is 0. The molecule has 0 aromatic carbocycles. The van der Waals surface area contributed by atoms with Crippen LogP contribution in [0.25, 0.3) is 0 Å². The van der Waals surface area contributed by atoms with Gasteiger partial charge in [-0.2, -0.15) is 0 Å². The van der Waals surface area contributed by atoms with E-state index in [1.54, 1.807) is 0 Å². The second-order valence-electron chi connectivity index (χ2n) is 3.58. The monoisotopic (exact) mass is 326 g/mol. The molecule has 1 unspecified atom stereocenters. The first-order valence-electron chi connectivity index (χ1n) is 8.08. The second-order valence-corrected chi connectivity index (χ2v) is 3.58. The van der Waals surface area contributed by atoms with Crippen LogP contribution in [0.2, 0.25) is 0 Å². The summed E-state index contributed by atoms with van der Waals surface area (Å²) in [6.07, 6.45) is 0.920. The summed E-state index contributed by atoms with van der Waals surface area (Å²) in [6.45, 7) is 12.7. The van der Waals surface area contributed by atoms with Crippen LogP contribution < -0.4 is 10.6 Å². The van der Waals surface area contributed by atoms with E-state index >= 15 is 0 Å². The lowest BCUT2D eigenvalue weighted by Crippen LogP contribution is -2.42. The van der Waals surface area contributed by atoms with Crippen LogP contribution in [0.1, 0.15) is 51.9 Å². The van der Waals surface area contributed by atoms with Gasteiger partial charge in [-0.3, -0.25) is 4.99 Å². The second kappa shape index (κ2) is 14.8. The number of β-amino-alcohol motifs (C(OH)–C–C–N with tert-alkyl or cyclic N) is 1. The highest BCUT2D eigenvalue weighted by Crippen LogP contribution is 2.07. The standard InChI is InChI=1S/C10H12N4O3.3C2H6/c15-7-4-12-10(13-5-7)14-8-3-6(9(16)17)1-2-11-8;3*1-2/h1-3,7,15H,4-5H2,(H,16,17)(H2,11,12,13,14);3*1-2H3. The Labute approximate surface area is 138 Å². The third-order valence-electron chi connectivity index (χ3n) is 2.22. The van der Waals surface area contributed by atoms with Crippen LogP contribution in [-0.2, 0) is 0 Å². The number of aliphatic hydroxyl groups is 1. The Bertz CT molecular complexity index is 464. The van der Waals surface area contributed by atoms with E-state index in [9.17, 15) is 9.90 Å². The Kier molecular flexibility index (Phi) is 14.9. The van der Waals surface area contributed by atoms with Crippen LogP contribution in [0.3, 0.4) is 0 Å². The van der Waals surface area contributed by atoms with Crippen LogP contribution >= 0.6 is 0 Å². The number of pyridine rings is 1. The molecule has 0 saturated heterocycles. The molecule has 0 aliphatic carbocycles. The average molecular weight is 326 g/mol. The number of aliphatic imine (C=N–C) groups is 1. The Hall–Kier alpha value is -2.15. The molecular weight excluding hydrogens is 296 g/mol. The van der Waals surface area contributed by atoms with Crippen molar-refractivity contribution < 1.29 is 15.0 Å². The Morgan fingerprint density at radius 2 is 1.87 bits per heavy atom. The van der Waals surface area contributed by atoms with E-state index in [-0.39, 0.29) is 5.56 Å². The van der Waals surface area contributed by atoms with Gasteiger partial charge in [0.25, 0.3) is 0 Å². The van der Waals surface area contributed by atoms with Gasteiger partial charge in [0.05, 0.1) is 18.2 Å². The number of nitrogens with zero attached hydrogens (tertiary/aromatic N) is 2. The largest absolute Gasteiger partial charge is 0.478 e. The number of aliphatic hydroxyl groups excluding tert-OH is 1. The third-order valence-corrected chi connectivity index (χ3v) is 2.22. The van der Waals surface area contributed by atoms with Crippen LogP contribution in [0, 0.1) is 0 Å². The topological polar surface area (TPSA) is 107 Å². The van der Waals surface area contributed by atoms with Gasteiger partial charge < -0.3 is 20.8 Å². The summed E-state index contributed by atoms with van der Waals surface area (Å²) in [6, 6.07) is 2.82. The van der Waals surface area contributed by atoms with Crippen molar-refractivity contribution in [3.8, 4) is 0 Å². The summed E-state index contributed by atoms with van der Waals surface area (Å²) < 4.78 is 0. The molecule has 0 fully saturated rings. The predicted molar refractivity (Wildman–Crippen MR) is 95.2 cm³/mol. The molecule has 1 aliphatic heterocycles. The Morgan fingerprint density at radius 3 is 2.35 bits per heavy atom. The van der Waals surface area contributed by atoms with E-state index in [0.717, 1.165) is 0 Å². The molecule has 1 aromatic heterocycles. The lowest BCUT2D eigenvalue weighted by atomic mass is 10.2. The molecule has 0 spiro atoms. The van der Waals surface area contributed by atoms with Crippen molar-refractivity contribution in [3.05, 3.63) is 23.9 Å². The molecule has 2 rings (SSSR count). The van der Waals surface area contributed by atoms with Gasteiger partial charge in [-0.25, -0.2) is 9.78 Å². The number of carboxylic acids is 1. The molecule has 1 aliphatic rings. The molecule has 0 bridgehead atoms. The molecule has 1 atom stereocenters. The quantitative estimate of drug-likeness (QED) is 0.665. The Morgan fingerprint density at radius 1 is 1.26 bits per heavy atom. The predicted octanol–water partition coefficient (Wildman–Crippen LogP) is 2.59. The number of aromatic carboxylic acids is 1.